The fourth-order valence-corrected chi connectivity index (χ4v) is 2.34. The van der Waals surface area contributed by atoms with Gasteiger partial charge in [-0.3, -0.25) is 0 Å². The van der Waals surface area contributed by atoms with Crippen molar-refractivity contribution in [1.29, 1.82) is 0 Å². The molecule has 0 saturated carbocycles. The van der Waals surface area contributed by atoms with Crippen LogP contribution < -0.4 is 4.74 Å². The number of para-hydroxylation sites is 1. The van der Waals surface area contributed by atoms with E-state index in [2.05, 4.69) is 0 Å². The zero-order valence-corrected chi connectivity index (χ0v) is 12.5. The van der Waals surface area contributed by atoms with Gasteiger partial charge in [0.1, 0.15) is 11.6 Å². The molecule has 0 fully saturated rings. The van der Waals surface area contributed by atoms with Crippen molar-refractivity contribution in [3.63, 3.8) is 0 Å². The Kier molecular flexibility index (Phi) is 4.97. The van der Waals surface area contributed by atoms with Gasteiger partial charge in [-0.1, -0.05) is 37.3 Å². The van der Waals surface area contributed by atoms with E-state index in [-0.39, 0.29) is 5.82 Å². The van der Waals surface area contributed by atoms with Gasteiger partial charge in [0.2, 0.25) is 0 Å². The Morgan fingerprint density at radius 1 is 1.10 bits per heavy atom. The molecule has 0 saturated heterocycles. The second-order valence-corrected chi connectivity index (χ2v) is 5.42. The van der Waals surface area contributed by atoms with Crippen LogP contribution in [-0.2, 0) is 12.0 Å². The number of hydrogen-bond acceptors (Lipinski definition) is 2. The summed E-state index contributed by atoms with van der Waals surface area (Å²) in [6, 6.07) is 13.7. The highest BCUT2D eigenvalue weighted by Crippen LogP contribution is 2.32. The van der Waals surface area contributed by atoms with E-state index < -0.39 is 5.60 Å². The minimum atomic E-state index is -1.07. The van der Waals surface area contributed by atoms with Crippen LogP contribution in [0, 0.1) is 5.82 Å². The van der Waals surface area contributed by atoms with Crippen molar-refractivity contribution in [3.8, 4) is 5.75 Å². The molecule has 0 aliphatic heterocycles. The number of halogens is 1. The van der Waals surface area contributed by atoms with Crippen molar-refractivity contribution < 1.29 is 14.2 Å². The molecular formula is C18H21FO2. The Hall–Kier alpha value is -1.87. The predicted molar refractivity (Wildman–Crippen MR) is 81.9 cm³/mol. The lowest BCUT2D eigenvalue weighted by Crippen LogP contribution is -2.25. The van der Waals surface area contributed by atoms with E-state index in [1.165, 1.54) is 12.1 Å². The molecule has 2 rings (SSSR count). The molecule has 2 aromatic rings. The summed E-state index contributed by atoms with van der Waals surface area (Å²) < 4.78 is 18.7. The lowest BCUT2D eigenvalue weighted by Gasteiger charge is -2.26. The minimum Gasteiger partial charge on any atom is -0.493 e. The van der Waals surface area contributed by atoms with Crippen LogP contribution in [0.4, 0.5) is 4.39 Å². The van der Waals surface area contributed by atoms with E-state index in [1.54, 1.807) is 19.1 Å². The maximum Gasteiger partial charge on any atom is 0.125 e. The first kappa shape index (κ1) is 15.5. The maximum absolute atomic E-state index is 13.0. The summed E-state index contributed by atoms with van der Waals surface area (Å²) in [5.74, 6) is 0.427. The number of aliphatic hydroxyl groups is 1. The molecule has 0 aliphatic carbocycles. The number of rotatable bonds is 6. The Morgan fingerprint density at radius 2 is 1.76 bits per heavy atom. The van der Waals surface area contributed by atoms with Crippen LogP contribution in [0.5, 0.6) is 5.75 Å². The molecule has 0 aliphatic rings. The third kappa shape index (κ3) is 4.05. The van der Waals surface area contributed by atoms with Gasteiger partial charge in [-0.25, -0.2) is 4.39 Å². The summed E-state index contributed by atoms with van der Waals surface area (Å²) in [5, 5.41) is 10.8. The van der Waals surface area contributed by atoms with Crippen LogP contribution in [0.25, 0.3) is 0 Å². The highest BCUT2D eigenvalue weighted by Gasteiger charge is 2.27. The van der Waals surface area contributed by atoms with Crippen LogP contribution in [0.2, 0.25) is 0 Å². The highest BCUT2D eigenvalue weighted by molar-refractivity contribution is 5.39. The minimum absolute atomic E-state index is 0.273. The molecular weight excluding hydrogens is 267 g/mol. The van der Waals surface area contributed by atoms with Crippen LogP contribution in [0.3, 0.4) is 0 Å². The molecule has 0 aromatic heterocycles. The summed E-state index contributed by atoms with van der Waals surface area (Å²) >= 11 is 0. The Morgan fingerprint density at radius 3 is 2.43 bits per heavy atom. The summed E-state index contributed by atoms with van der Waals surface area (Å²) in [5.41, 5.74) is 0.566. The maximum atomic E-state index is 13.0. The van der Waals surface area contributed by atoms with Crippen molar-refractivity contribution in [2.45, 2.75) is 32.3 Å². The molecule has 3 heteroatoms. The smallest absolute Gasteiger partial charge is 0.125 e. The number of hydrogen-bond donors (Lipinski definition) is 1. The molecule has 0 spiro atoms. The summed E-state index contributed by atoms with van der Waals surface area (Å²) in [6.45, 7) is 4.41. The summed E-state index contributed by atoms with van der Waals surface area (Å²) in [4.78, 5) is 0. The van der Waals surface area contributed by atoms with Crippen molar-refractivity contribution in [2.24, 2.45) is 0 Å². The van der Waals surface area contributed by atoms with Crippen molar-refractivity contribution in [1.82, 2.24) is 0 Å². The van der Waals surface area contributed by atoms with E-state index in [0.717, 1.165) is 17.5 Å². The van der Waals surface area contributed by atoms with Crippen LogP contribution >= 0.6 is 0 Å². The van der Waals surface area contributed by atoms with Gasteiger partial charge in [0.25, 0.3) is 0 Å². The molecule has 2 aromatic carbocycles. The molecule has 0 amide bonds. The normalized spacial score (nSPS) is 13.7. The van der Waals surface area contributed by atoms with E-state index in [4.69, 9.17) is 4.74 Å². The van der Waals surface area contributed by atoms with E-state index in [9.17, 15) is 9.50 Å². The topological polar surface area (TPSA) is 29.5 Å². The van der Waals surface area contributed by atoms with Gasteiger partial charge >= 0.3 is 0 Å². The van der Waals surface area contributed by atoms with Crippen molar-refractivity contribution in [3.05, 3.63) is 65.5 Å². The molecule has 0 radical (unpaired) electrons. The SMILES string of the molecule is CCCOc1ccccc1C(C)(O)Cc1ccc(F)cc1. The molecule has 0 bridgehead atoms. The molecule has 1 unspecified atom stereocenters. The third-order valence-corrected chi connectivity index (χ3v) is 3.39. The summed E-state index contributed by atoms with van der Waals surface area (Å²) in [6.07, 6.45) is 1.31. The first-order valence-electron chi connectivity index (χ1n) is 7.22. The fraction of sp³-hybridized carbons (Fsp3) is 0.333. The average molecular weight is 288 g/mol. The molecule has 112 valence electrons. The first-order chi connectivity index (χ1) is 10.0. The Balaban J connectivity index is 2.24. The predicted octanol–water partition coefficient (Wildman–Crippen LogP) is 4.06. The van der Waals surface area contributed by atoms with E-state index >= 15 is 0 Å². The largest absolute Gasteiger partial charge is 0.493 e. The molecule has 1 atom stereocenters. The van der Waals surface area contributed by atoms with E-state index in [1.807, 2.05) is 31.2 Å². The summed E-state index contributed by atoms with van der Waals surface area (Å²) in [7, 11) is 0. The Bertz CT molecular complexity index is 576. The van der Waals surface area contributed by atoms with Crippen molar-refractivity contribution in [2.75, 3.05) is 6.61 Å². The van der Waals surface area contributed by atoms with Gasteiger partial charge in [-0.05, 0) is 37.1 Å². The molecule has 1 N–H and O–H groups in total. The standard InChI is InChI=1S/C18H21FO2/c1-3-12-21-17-7-5-4-6-16(17)18(2,20)13-14-8-10-15(19)11-9-14/h4-11,20H,3,12-13H2,1-2H3. The monoisotopic (exact) mass is 288 g/mol. The zero-order valence-electron chi connectivity index (χ0n) is 12.5. The second-order valence-electron chi connectivity index (χ2n) is 5.42. The van der Waals surface area contributed by atoms with Crippen LogP contribution in [-0.4, -0.2) is 11.7 Å². The number of benzene rings is 2. The fourth-order valence-electron chi connectivity index (χ4n) is 2.34. The molecule has 0 heterocycles. The van der Waals surface area contributed by atoms with Gasteiger partial charge in [0.15, 0.2) is 0 Å². The van der Waals surface area contributed by atoms with Gasteiger partial charge in [-0.2, -0.15) is 0 Å². The van der Waals surface area contributed by atoms with Gasteiger partial charge in [0.05, 0.1) is 12.2 Å². The van der Waals surface area contributed by atoms with E-state index in [0.29, 0.717) is 18.8 Å². The quantitative estimate of drug-likeness (QED) is 0.868. The average Bonchev–Trinajstić information content (AvgIpc) is 2.47. The van der Waals surface area contributed by atoms with Gasteiger partial charge in [0, 0.05) is 12.0 Å². The molecule has 2 nitrogen and oxygen atoms in total. The van der Waals surface area contributed by atoms with Crippen LogP contribution in [0.1, 0.15) is 31.4 Å². The first-order valence-corrected chi connectivity index (χ1v) is 7.22. The van der Waals surface area contributed by atoms with Crippen molar-refractivity contribution >= 4 is 0 Å². The lowest BCUT2D eigenvalue weighted by atomic mass is 9.88. The lowest BCUT2D eigenvalue weighted by molar-refractivity contribution is 0.0541. The highest BCUT2D eigenvalue weighted by atomic mass is 19.1. The number of ether oxygens (including phenoxy) is 1. The Labute approximate surface area is 125 Å². The van der Waals surface area contributed by atoms with Gasteiger partial charge in [-0.15, -0.1) is 0 Å². The third-order valence-electron chi connectivity index (χ3n) is 3.39. The van der Waals surface area contributed by atoms with Gasteiger partial charge < -0.3 is 9.84 Å². The second kappa shape index (κ2) is 6.72. The van der Waals surface area contributed by atoms with Crippen LogP contribution in [0.15, 0.2) is 48.5 Å². The zero-order chi connectivity index (χ0) is 15.3. The molecule has 21 heavy (non-hydrogen) atoms.